The third kappa shape index (κ3) is 2.56. The van der Waals surface area contributed by atoms with Gasteiger partial charge in [0.05, 0.1) is 4.47 Å². The SMILES string of the molecule is Nc1c(-c2ccc(OC(F)F)cc2)nc2c(Br)cccn12. The summed E-state index contributed by atoms with van der Waals surface area (Å²) in [7, 11) is 0. The first kappa shape index (κ1) is 13.8. The molecule has 0 fully saturated rings. The molecule has 2 heterocycles. The van der Waals surface area contributed by atoms with Crippen LogP contribution in [0.4, 0.5) is 14.6 Å². The lowest BCUT2D eigenvalue weighted by atomic mass is 10.1. The molecule has 108 valence electrons. The maximum Gasteiger partial charge on any atom is 0.387 e. The van der Waals surface area contributed by atoms with Crippen molar-refractivity contribution in [2.24, 2.45) is 0 Å². The number of nitrogens with two attached hydrogens (primary N) is 1. The van der Waals surface area contributed by atoms with Crippen molar-refractivity contribution >= 4 is 27.4 Å². The maximum absolute atomic E-state index is 12.1. The van der Waals surface area contributed by atoms with Crippen LogP contribution in [0.1, 0.15) is 0 Å². The monoisotopic (exact) mass is 353 g/mol. The number of rotatable bonds is 3. The third-order valence-electron chi connectivity index (χ3n) is 2.99. The van der Waals surface area contributed by atoms with Crippen molar-refractivity contribution in [3.8, 4) is 17.0 Å². The van der Waals surface area contributed by atoms with Crippen LogP contribution in [0, 0.1) is 0 Å². The van der Waals surface area contributed by atoms with Gasteiger partial charge >= 0.3 is 6.61 Å². The summed E-state index contributed by atoms with van der Waals surface area (Å²) in [5.74, 6) is 0.575. The van der Waals surface area contributed by atoms with E-state index in [2.05, 4.69) is 25.7 Å². The molecular weight excluding hydrogens is 344 g/mol. The Morgan fingerprint density at radius 3 is 2.52 bits per heavy atom. The fourth-order valence-corrected chi connectivity index (χ4v) is 2.49. The first-order valence-electron chi connectivity index (χ1n) is 6.03. The molecule has 4 nitrogen and oxygen atoms in total. The molecular formula is C14H10BrF2N3O. The van der Waals surface area contributed by atoms with E-state index in [1.807, 2.05) is 12.1 Å². The molecule has 1 aromatic carbocycles. The standard InChI is InChI=1S/C14H10BrF2N3O/c15-10-2-1-7-20-12(18)11(19-13(10)20)8-3-5-9(6-4-8)21-14(16)17/h1-7,14H,18H2. The second-order valence-electron chi connectivity index (χ2n) is 4.30. The van der Waals surface area contributed by atoms with E-state index in [1.54, 1.807) is 22.7 Å². The minimum Gasteiger partial charge on any atom is -0.435 e. The summed E-state index contributed by atoms with van der Waals surface area (Å²) in [5.41, 5.74) is 8.09. The number of hydrogen-bond donors (Lipinski definition) is 1. The fraction of sp³-hybridized carbons (Fsp3) is 0.0714. The van der Waals surface area contributed by atoms with Gasteiger partial charge in [-0.1, -0.05) is 0 Å². The van der Waals surface area contributed by atoms with Gasteiger partial charge in [-0.2, -0.15) is 8.78 Å². The number of ether oxygens (including phenoxy) is 1. The van der Waals surface area contributed by atoms with Crippen LogP contribution >= 0.6 is 15.9 Å². The van der Waals surface area contributed by atoms with E-state index in [-0.39, 0.29) is 5.75 Å². The molecule has 21 heavy (non-hydrogen) atoms. The van der Waals surface area contributed by atoms with Crippen molar-refractivity contribution in [2.75, 3.05) is 5.73 Å². The predicted molar refractivity (Wildman–Crippen MR) is 79.4 cm³/mol. The van der Waals surface area contributed by atoms with Gasteiger partial charge in [0.15, 0.2) is 5.65 Å². The summed E-state index contributed by atoms with van der Waals surface area (Å²) in [5, 5.41) is 0. The highest BCUT2D eigenvalue weighted by molar-refractivity contribution is 9.10. The van der Waals surface area contributed by atoms with Crippen molar-refractivity contribution in [1.82, 2.24) is 9.38 Å². The number of fused-ring (bicyclic) bond motifs is 1. The lowest BCUT2D eigenvalue weighted by Crippen LogP contribution is -2.01. The van der Waals surface area contributed by atoms with Crippen LogP contribution in [0.3, 0.4) is 0 Å². The highest BCUT2D eigenvalue weighted by Gasteiger charge is 2.13. The fourth-order valence-electron chi connectivity index (χ4n) is 2.06. The van der Waals surface area contributed by atoms with Crippen LogP contribution in [0.25, 0.3) is 16.9 Å². The number of benzene rings is 1. The largest absolute Gasteiger partial charge is 0.435 e. The van der Waals surface area contributed by atoms with Crippen molar-refractivity contribution in [3.05, 3.63) is 47.1 Å². The molecule has 0 amide bonds. The molecule has 3 rings (SSSR count). The summed E-state index contributed by atoms with van der Waals surface area (Å²) in [6, 6.07) is 9.91. The molecule has 7 heteroatoms. The van der Waals surface area contributed by atoms with E-state index in [4.69, 9.17) is 5.73 Å². The Morgan fingerprint density at radius 2 is 1.90 bits per heavy atom. The quantitative estimate of drug-likeness (QED) is 0.775. The topological polar surface area (TPSA) is 52.5 Å². The minimum atomic E-state index is -2.84. The maximum atomic E-state index is 12.1. The highest BCUT2D eigenvalue weighted by Crippen LogP contribution is 2.30. The Kier molecular flexibility index (Phi) is 3.50. The van der Waals surface area contributed by atoms with Crippen LogP contribution in [-0.2, 0) is 0 Å². The van der Waals surface area contributed by atoms with Gasteiger partial charge < -0.3 is 10.5 Å². The average Bonchev–Trinajstić information content (AvgIpc) is 2.78. The summed E-state index contributed by atoms with van der Waals surface area (Å²) in [4.78, 5) is 4.47. The Balaban J connectivity index is 2.04. The molecule has 0 saturated heterocycles. The summed E-state index contributed by atoms with van der Waals surface area (Å²) < 4.78 is 31.1. The van der Waals surface area contributed by atoms with Crippen LogP contribution in [0.2, 0.25) is 0 Å². The van der Waals surface area contributed by atoms with Gasteiger partial charge in [0.1, 0.15) is 17.3 Å². The van der Waals surface area contributed by atoms with E-state index in [1.165, 1.54) is 12.1 Å². The normalized spacial score (nSPS) is 11.2. The Hall–Kier alpha value is -2.15. The molecule has 2 aromatic heterocycles. The Labute approximate surface area is 127 Å². The van der Waals surface area contributed by atoms with E-state index >= 15 is 0 Å². The van der Waals surface area contributed by atoms with Gasteiger partial charge in [-0.15, -0.1) is 0 Å². The van der Waals surface area contributed by atoms with E-state index in [9.17, 15) is 8.78 Å². The van der Waals surface area contributed by atoms with E-state index < -0.39 is 6.61 Å². The predicted octanol–water partition coefficient (Wildman–Crippen LogP) is 3.95. The van der Waals surface area contributed by atoms with Crippen LogP contribution in [0.5, 0.6) is 5.75 Å². The number of imidazole rings is 1. The van der Waals surface area contributed by atoms with Gasteiger partial charge in [0.2, 0.25) is 0 Å². The smallest absolute Gasteiger partial charge is 0.387 e. The molecule has 0 aliphatic rings. The number of alkyl halides is 2. The summed E-state index contributed by atoms with van der Waals surface area (Å²) >= 11 is 3.41. The number of aromatic nitrogens is 2. The zero-order chi connectivity index (χ0) is 15.0. The first-order chi connectivity index (χ1) is 10.1. The molecule has 3 aromatic rings. The van der Waals surface area contributed by atoms with Crippen LogP contribution in [-0.4, -0.2) is 16.0 Å². The molecule has 0 bridgehead atoms. The van der Waals surface area contributed by atoms with Crippen LogP contribution in [0.15, 0.2) is 47.1 Å². The molecule has 0 aliphatic carbocycles. The van der Waals surface area contributed by atoms with E-state index in [0.717, 1.165) is 10.0 Å². The van der Waals surface area contributed by atoms with E-state index in [0.29, 0.717) is 17.2 Å². The summed E-state index contributed by atoms with van der Waals surface area (Å²) in [6.07, 6.45) is 1.81. The van der Waals surface area contributed by atoms with Crippen molar-refractivity contribution in [2.45, 2.75) is 6.61 Å². The second kappa shape index (κ2) is 5.33. The van der Waals surface area contributed by atoms with Crippen molar-refractivity contribution in [1.29, 1.82) is 0 Å². The molecule has 0 radical (unpaired) electrons. The zero-order valence-electron chi connectivity index (χ0n) is 10.6. The van der Waals surface area contributed by atoms with Crippen LogP contribution < -0.4 is 10.5 Å². The van der Waals surface area contributed by atoms with Gasteiger partial charge in [0, 0.05) is 11.8 Å². The number of nitrogen functional groups attached to an aromatic ring is 1. The molecule has 0 atom stereocenters. The number of pyridine rings is 1. The number of halogens is 3. The Morgan fingerprint density at radius 1 is 1.19 bits per heavy atom. The molecule has 0 unspecified atom stereocenters. The zero-order valence-corrected chi connectivity index (χ0v) is 12.2. The minimum absolute atomic E-state index is 0.0947. The number of anilines is 1. The number of nitrogens with zero attached hydrogens (tertiary/aromatic N) is 2. The lowest BCUT2D eigenvalue weighted by Gasteiger charge is -2.05. The molecule has 0 spiro atoms. The van der Waals surface area contributed by atoms with Crippen molar-refractivity contribution in [3.63, 3.8) is 0 Å². The van der Waals surface area contributed by atoms with Gasteiger partial charge in [-0.25, -0.2) is 4.98 Å². The highest BCUT2D eigenvalue weighted by atomic mass is 79.9. The molecule has 2 N–H and O–H groups in total. The summed E-state index contributed by atoms with van der Waals surface area (Å²) in [6.45, 7) is -2.84. The molecule has 0 aliphatic heterocycles. The third-order valence-corrected chi connectivity index (χ3v) is 3.61. The van der Waals surface area contributed by atoms with Gasteiger partial charge in [-0.05, 0) is 52.3 Å². The first-order valence-corrected chi connectivity index (χ1v) is 6.83. The lowest BCUT2D eigenvalue weighted by molar-refractivity contribution is -0.0498. The Bertz CT molecular complexity index is 787. The van der Waals surface area contributed by atoms with Crippen molar-refractivity contribution < 1.29 is 13.5 Å². The molecule has 0 saturated carbocycles. The number of hydrogen-bond acceptors (Lipinski definition) is 3. The average molecular weight is 354 g/mol. The van der Waals surface area contributed by atoms with Gasteiger partial charge in [-0.3, -0.25) is 4.40 Å². The van der Waals surface area contributed by atoms with Gasteiger partial charge in [0.25, 0.3) is 0 Å². The second-order valence-corrected chi connectivity index (χ2v) is 5.15.